The predicted molar refractivity (Wildman–Crippen MR) is 114 cm³/mol. The number of nitrogens with one attached hydrogen (secondary N) is 1. The lowest BCUT2D eigenvalue weighted by molar-refractivity contribution is 0.102. The van der Waals surface area contributed by atoms with Crippen LogP contribution >= 0.6 is 0 Å². The van der Waals surface area contributed by atoms with Crippen LogP contribution in [0.4, 0.5) is 11.5 Å². The lowest BCUT2D eigenvalue weighted by Gasteiger charge is -2.27. The van der Waals surface area contributed by atoms with Crippen molar-refractivity contribution in [1.82, 2.24) is 29.8 Å². The first-order chi connectivity index (χ1) is 15.2. The predicted octanol–water partition coefficient (Wildman–Crippen LogP) is 1.98. The topological polar surface area (TPSA) is 110 Å². The summed E-state index contributed by atoms with van der Waals surface area (Å²) >= 11 is 0. The van der Waals surface area contributed by atoms with Crippen LogP contribution in [0.1, 0.15) is 16.3 Å². The molecular weight excluding hydrogens is 396 g/mol. The van der Waals surface area contributed by atoms with Gasteiger partial charge >= 0.3 is 0 Å². The molecule has 0 atom stereocenters. The van der Waals surface area contributed by atoms with Crippen LogP contribution in [-0.2, 0) is 4.74 Å². The molecule has 1 amide bonds. The number of hydrogen-bond donors (Lipinski definition) is 1. The van der Waals surface area contributed by atoms with Crippen molar-refractivity contribution in [2.75, 3.05) is 36.5 Å². The molecule has 0 spiro atoms. The van der Waals surface area contributed by atoms with E-state index >= 15 is 0 Å². The van der Waals surface area contributed by atoms with Crippen LogP contribution < -0.4 is 10.2 Å². The molecule has 1 fully saturated rings. The summed E-state index contributed by atoms with van der Waals surface area (Å²) in [7, 11) is 0. The van der Waals surface area contributed by atoms with Gasteiger partial charge in [0.2, 0.25) is 0 Å². The normalized spacial score (nSPS) is 14.0. The quantitative estimate of drug-likeness (QED) is 0.538. The highest BCUT2D eigenvalue weighted by Gasteiger charge is 2.16. The molecule has 1 aromatic carbocycles. The van der Waals surface area contributed by atoms with Gasteiger partial charge < -0.3 is 15.0 Å². The van der Waals surface area contributed by atoms with Gasteiger partial charge in [-0.05, 0) is 31.2 Å². The van der Waals surface area contributed by atoms with E-state index in [4.69, 9.17) is 4.74 Å². The fourth-order valence-corrected chi connectivity index (χ4v) is 3.41. The summed E-state index contributed by atoms with van der Waals surface area (Å²) in [5.74, 6) is 1.16. The van der Waals surface area contributed by atoms with Crippen LogP contribution in [0.3, 0.4) is 0 Å². The van der Waals surface area contributed by atoms with E-state index in [1.165, 1.54) is 6.33 Å². The number of carbonyl (C=O) groups excluding carboxylic acids is 1. The van der Waals surface area contributed by atoms with Crippen molar-refractivity contribution in [2.45, 2.75) is 6.92 Å². The number of aryl methyl sites for hydroxylation is 1. The summed E-state index contributed by atoms with van der Waals surface area (Å²) in [5, 5.41) is 15.5. The average molecular weight is 416 g/mol. The zero-order valence-electron chi connectivity index (χ0n) is 16.9. The van der Waals surface area contributed by atoms with Crippen molar-refractivity contribution in [3.8, 4) is 11.3 Å². The van der Waals surface area contributed by atoms with E-state index in [-0.39, 0.29) is 5.91 Å². The molecule has 1 saturated heterocycles. The van der Waals surface area contributed by atoms with Gasteiger partial charge in [-0.1, -0.05) is 12.1 Å². The molecule has 1 aliphatic rings. The minimum absolute atomic E-state index is 0.288. The van der Waals surface area contributed by atoms with Crippen molar-refractivity contribution < 1.29 is 9.53 Å². The molecule has 31 heavy (non-hydrogen) atoms. The van der Waals surface area contributed by atoms with Gasteiger partial charge in [0, 0.05) is 30.4 Å². The molecule has 1 aliphatic heterocycles. The van der Waals surface area contributed by atoms with Gasteiger partial charge in [-0.25, -0.2) is 9.97 Å². The summed E-state index contributed by atoms with van der Waals surface area (Å²) in [6, 6.07) is 13.0. The lowest BCUT2D eigenvalue weighted by atomic mass is 10.1. The van der Waals surface area contributed by atoms with E-state index in [2.05, 4.69) is 35.5 Å². The Morgan fingerprint density at radius 1 is 1.03 bits per heavy atom. The molecule has 0 bridgehead atoms. The van der Waals surface area contributed by atoms with Crippen molar-refractivity contribution >= 4 is 23.1 Å². The van der Waals surface area contributed by atoms with E-state index in [0.717, 1.165) is 36.0 Å². The van der Waals surface area contributed by atoms with Crippen LogP contribution in [0.15, 0.2) is 48.8 Å². The van der Waals surface area contributed by atoms with Crippen molar-refractivity contribution in [3.63, 3.8) is 0 Å². The van der Waals surface area contributed by atoms with Gasteiger partial charge in [0.1, 0.15) is 17.8 Å². The fraction of sp³-hybridized carbons (Fsp3) is 0.238. The minimum atomic E-state index is -0.288. The molecule has 10 nitrogen and oxygen atoms in total. The highest BCUT2D eigenvalue weighted by atomic mass is 16.5. The maximum absolute atomic E-state index is 12.7. The Bertz CT molecular complexity index is 1230. The number of amides is 1. The third kappa shape index (κ3) is 3.92. The van der Waals surface area contributed by atoms with Crippen molar-refractivity contribution in [1.29, 1.82) is 0 Å². The third-order valence-corrected chi connectivity index (χ3v) is 5.08. The molecule has 0 aliphatic carbocycles. The molecule has 3 aromatic heterocycles. The fourth-order valence-electron chi connectivity index (χ4n) is 3.41. The smallest absolute Gasteiger partial charge is 0.274 e. The SMILES string of the molecule is Cc1nnc2ccc(-c3ccc(NC(=O)c4cc(N5CCOCC5)ncn4)cc3)nn12. The van der Waals surface area contributed by atoms with Crippen molar-refractivity contribution in [3.05, 3.63) is 60.3 Å². The van der Waals surface area contributed by atoms with Crippen LogP contribution in [0.5, 0.6) is 0 Å². The second kappa shape index (κ2) is 8.07. The number of carbonyl (C=O) groups is 1. The average Bonchev–Trinajstić information content (AvgIpc) is 3.20. The first kappa shape index (κ1) is 19.1. The molecule has 156 valence electrons. The molecular formula is C21H20N8O2. The standard InChI is InChI=1S/C21H20N8O2/c1-14-25-26-19-7-6-17(27-29(14)19)15-2-4-16(5-3-15)24-21(30)18-12-20(23-13-22-18)28-8-10-31-11-9-28/h2-7,12-13H,8-11H2,1H3,(H,24,30). The molecule has 10 heteroatoms. The second-order valence-electron chi connectivity index (χ2n) is 7.13. The molecule has 1 N–H and O–H groups in total. The highest BCUT2D eigenvalue weighted by Crippen LogP contribution is 2.21. The van der Waals surface area contributed by atoms with Crippen LogP contribution in [0, 0.1) is 6.92 Å². The van der Waals surface area contributed by atoms with Gasteiger partial charge in [-0.2, -0.15) is 9.61 Å². The number of rotatable bonds is 4. The monoisotopic (exact) mass is 416 g/mol. The first-order valence-electron chi connectivity index (χ1n) is 9.93. The Labute approximate surface area is 177 Å². The second-order valence-corrected chi connectivity index (χ2v) is 7.13. The Morgan fingerprint density at radius 3 is 2.65 bits per heavy atom. The summed E-state index contributed by atoms with van der Waals surface area (Å²) in [5.41, 5.74) is 3.40. The van der Waals surface area contributed by atoms with Crippen LogP contribution in [-0.4, -0.2) is 62.0 Å². The van der Waals surface area contributed by atoms with E-state index in [1.807, 2.05) is 43.3 Å². The Kier molecular flexibility index (Phi) is 4.97. The minimum Gasteiger partial charge on any atom is -0.378 e. The molecule has 0 saturated carbocycles. The Balaban J connectivity index is 1.31. The number of fused-ring (bicyclic) bond motifs is 1. The Morgan fingerprint density at radius 2 is 1.84 bits per heavy atom. The maximum Gasteiger partial charge on any atom is 0.274 e. The number of benzene rings is 1. The van der Waals surface area contributed by atoms with Crippen LogP contribution in [0.2, 0.25) is 0 Å². The molecule has 4 aromatic rings. The summed E-state index contributed by atoms with van der Waals surface area (Å²) in [4.78, 5) is 23.2. The zero-order chi connectivity index (χ0) is 21.2. The number of aromatic nitrogens is 6. The van der Waals surface area contributed by atoms with Crippen molar-refractivity contribution in [2.24, 2.45) is 0 Å². The molecule has 4 heterocycles. The summed E-state index contributed by atoms with van der Waals surface area (Å²) < 4.78 is 7.07. The highest BCUT2D eigenvalue weighted by molar-refractivity contribution is 6.03. The molecule has 0 radical (unpaired) electrons. The van der Waals surface area contributed by atoms with Gasteiger partial charge in [-0.3, -0.25) is 4.79 Å². The van der Waals surface area contributed by atoms with E-state index < -0.39 is 0 Å². The zero-order valence-corrected chi connectivity index (χ0v) is 16.9. The van der Waals surface area contributed by atoms with Gasteiger partial charge in [-0.15, -0.1) is 10.2 Å². The number of nitrogens with zero attached hydrogens (tertiary/aromatic N) is 7. The van der Waals surface area contributed by atoms with E-state index in [9.17, 15) is 4.79 Å². The third-order valence-electron chi connectivity index (χ3n) is 5.08. The van der Waals surface area contributed by atoms with Gasteiger partial charge in [0.25, 0.3) is 5.91 Å². The van der Waals surface area contributed by atoms with Gasteiger partial charge in [0.05, 0.1) is 18.9 Å². The van der Waals surface area contributed by atoms with Gasteiger partial charge in [0.15, 0.2) is 11.5 Å². The number of hydrogen-bond acceptors (Lipinski definition) is 8. The first-order valence-corrected chi connectivity index (χ1v) is 9.93. The van der Waals surface area contributed by atoms with Crippen LogP contribution in [0.25, 0.3) is 16.9 Å². The molecule has 0 unspecified atom stereocenters. The van der Waals surface area contributed by atoms with E-state index in [0.29, 0.717) is 30.2 Å². The van der Waals surface area contributed by atoms with E-state index in [1.54, 1.807) is 10.6 Å². The lowest BCUT2D eigenvalue weighted by Crippen LogP contribution is -2.37. The molecule has 5 rings (SSSR count). The Hall–Kier alpha value is -3.92. The summed E-state index contributed by atoms with van der Waals surface area (Å²) in [6.45, 7) is 4.64. The number of morpholine rings is 1. The number of anilines is 2. The number of ether oxygens (including phenoxy) is 1. The maximum atomic E-state index is 12.7. The summed E-state index contributed by atoms with van der Waals surface area (Å²) in [6.07, 6.45) is 1.41. The largest absolute Gasteiger partial charge is 0.378 e.